The van der Waals surface area contributed by atoms with Crippen LogP contribution in [0.2, 0.25) is 0 Å². The lowest BCUT2D eigenvalue weighted by atomic mass is 10.1. The molecule has 2 aromatic rings. The van der Waals surface area contributed by atoms with Gasteiger partial charge >= 0.3 is 6.36 Å². The van der Waals surface area contributed by atoms with Gasteiger partial charge in [-0.15, -0.1) is 13.2 Å². The summed E-state index contributed by atoms with van der Waals surface area (Å²) >= 11 is 0. The van der Waals surface area contributed by atoms with E-state index >= 15 is 0 Å². The molecule has 4 rings (SSSR count). The minimum Gasteiger partial charge on any atom is -0.405 e. The quantitative estimate of drug-likeness (QED) is 0.575. The summed E-state index contributed by atoms with van der Waals surface area (Å²) in [6.45, 7) is 4.43. The molecule has 0 bridgehead atoms. The van der Waals surface area contributed by atoms with Gasteiger partial charge in [-0.2, -0.15) is 5.10 Å². The van der Waals surface area contributed by atoms with E-state index in [9.17, 15) is 13.2 Å². The van der Waals surface area contributed by atoms with Gasteiger partial charge in [-0.05, 0) is 25.0 Å². The molecule has 1 aromatic carbocycles. The standard InChI is InChI=1S/C21H26F3N5O2/c1-3-25-20(29-8-9-30-19(13-29)14-11-26-28(2)12-14)27-17-10-16(17)15-6-4-5-7-18(15)31-21(22,23)24/h4-7,11-12,16-17,19H,3,8-10,13H2,1-2H3,(H,25,27). The molecule has 3 unspecified atom stereocenters. The van der Waals surface area contributed by atoms with Crippen LogP contribution in [0.15, 0.2) is 41.7 Å². The predicted octanol–water partition coefficient (Wildman–Crippen LogP) is 3.21. The highest BCUT2D eigenvalue weighted by Crippen LogP contribution is 2.45. The first kappa shape index (κ1) is 21.5. The van der Waals surface area contributed by atoms with E-state index in [2.05, 4.69) is 25.0 Å². The van der Waals surface area contributed by atoms with E-state index in [4.69, 9.17) is 4.74 Å². The van der Waals surface area contributed by atoms with Crippen molar-refractivity contribution in [3.05, 3.63) is 47.8 Å². The normalized spacial score (nSPS) is 24.2. The van der Waals surface area contributed by atoms with Gasteiger partial charge in [0.1, 0.15) is 11.9 Å². The number of hydrogen-bond acceptors (Lipinski definition) is 4. The van der Waals surface area contributed by atoms with E-state index in [1.165, 1.54) is 6.07 Å². The van der Waals surface area contributed by atoms with E-state index in [0.29, 0.717) is 31.8 Å². The Morgan fingerprint density at radius 3 is 2.87 bits per heavy atom. The number of aryl methyl sites for hydroxylation is 1. The van der Waals surface area contributed by atoms with Crippen molar-refractivity contribution in [1.82, 2.24) is 20.0 Å². The maximum absolute atomic E-state index is 12.8. The first-order valence-electron chi connectivity index (χ1n) is 10.3. The zero-order chi connectivity index (χ0) is 22.0. The molecular formula is C21H26F3N5O2. The van der Waals surface area contributed by atoms with Gasteiger partial charge in [0.15, 0.2) is 5.96 Å². The first-order chi connectivity index (χ1) is 14.8. The monoisotopic (exact) mass is 437 g/mol. The highest BCUT2D eigenvalue weighted by Gasteiger charge is 2.43. The molecule has 3 atom stereocenters. The number of nitrogens with one attached hydrogen (secondary N) is 1. The van der Waals surface area contributed by atoms with Crippen LogP contribution in [0.3, 0.4) is 0 Å². The Labute approximate surface area is 178 Å². The van der Waals surface area contributed by atoms with Crippen molar-refractivity contribution in [2.45, 2.75) is 37.8 Å². The van der Waals surface area contributed by atoms with Gasteiger partial charge in [0, 0.05) is 43.9 Å². The summed E-state index contributed by atoms with van der Waals surface area (Å²) in [4.78, 5) is 6.75. The van der Waals surface area contributed by atoms with Gasteiger partial charge in [-0.3, -0.25) is 9.67 Å². The highest BCUT2D eigenvalue weighted by molar-refractivity contribution is 5.81. The third-order valence-electron chi connectivity index (χ3n) is 5.42. The predicted molar refractivity (Wildman–Crippen MR) is 109 cm³/mol. The number of nitrogens with zero attached hydrogens (tertiary/aromatic N) is 4. The van der Waals surface area contributed by atoms with Crippen molar-refractivity contribution in [3.63, 3.8) is 0 Å². The Hall–Kier alpha value is -2.75. The number of rotatable bonds is 5. The summed E-state index contributed by atoms with van der Waals surface area (Å²) in [5.74, 6) is 0.554. The van der Waals surface area contributed by atoms with Gasteiger partial charge in [0.25, 0.3) is 0 Å². The zero-order valence-corrected chi connectivity index (χ0v) is 17.5. The van der Waals surface area contributed by atoms with Crippen LogP contribution in [0, 0.1) is 0 Å². The number of alkyl halides is 3. The summed E-state index contributed by atoms with van der Waals surface area (Å²) in [6.07, 6.45) is -0.364. The molecule has 10 heteroatoms. The fraction of sp³-hybridized carbons (Fsp3) is 0.524. The van der Waals surface area contributed by atoms with E-state index in [-0.39, 0.29) is 23.8 Å². The number of hydrogen-bond donors (Lipinski definition) is 1. The average Bonchev–Trinajstić information content (AvgIpc) is 3.35. The molecule has 31 heavy (non-hydrogen) atoms. The Morgan fingerprint density at radius 2 is 2.16 bits per heavy atom. The van der Waals surface area contributed by atoms with E-state index in [0.717, 1.165) is 17.9 Å². The number of benzene rings is 1. The molecule has 0 spiro atoms. The van der Waals surface area contributed by atoms with Gasteiger partial charge in [-0.1, -0.05) is 18.2 Å². The van der Waals surface area contributed by atoms with Crippen molar-refractivity contribution in [3.8, 4) is 5.75 Å². The largest absolute Gasteiger partial charge is 0.573 e. The van der Waals surface area contributed by atoms with Crippen LogP contribution < -0.4 is 10.1 Å². The van der Waals surface area contributed by atoms with E-state index < -0.39 is 6.36 Å². The van der Waals surface area contributed by atoms with E-state index in [1.54, 1.807) is 29.1 Å². The Bertz CT molecular complexity index is 930. The van der Waals surface area contributed by atoms with Crippen molar-refractivity contribution >= 4 is 5.96 Å². The third kappa shape index (κ3) is 5.30. The minimum absolute atomic E-state index is 0.00275. The van der Waals surface area contributed by atoms with E-state index in [1.807, 2.05) is 20.2 Å². The molecule has 2 heterocycles. The lowest BCUT2D eigenvalue weighted by molar-refractivity contribution is -0.274. The summed E-state index contributed by atoms with van der Waals surface area (Å²) in [5, 5.41) is 7.65. The molecule has 7 nitrogen and oxygen atoms in total. The molecule has 2 fully saturated rings. The van der Waals surface area contributed by atoms with Gasteiger partial charge in [0.2, 0.25) is 0 Å². The summed E-state index contributed by atoms with van der Waals surface area (Å²) in [5.41, 5.74) is 1.56. The Balaban J connectivity index is 1.43. The molecule has 1 aliphatic heterocycles. The van der Waals surface area contributed by atoms with Gasteiger partial charge < -0.3 is 19.7 Å². The molecule has 0 radical (unpaired) electrons. The van der Waals surface area contributed by atoms with Crippen LogP contribution >= 0.6 is 0 Å². The number of halogens is 3. The smallest absolute Gasteiger partial charge is 0.405 e. The number of para-hydroxylation sites is 1. The molecule has 1 aliphatic carbocycles. The van der Waals surface area contributed by atoms with Gasteiger partial charge in [-0.25, -0.2) is 0 Å². The number of guanidine groups is 1. The lowest BCUT2D eigenvalue weighted by Crippen LogP contribution is -2.49. The molecule has 0 amide bonds. The minimum atomic E-state index is -4.71. The van der Waals surface area contributed by atoms with Crippen LogP contribution in [0.4, 0.5) is 13.2 Å². The highest BCUT2D eigenvalue weighted by atomic mass is 19.4. The number of aromatic nitrogens is 2. The molecule has 1 N–H and O–H groups in total. The van der Waals surface area contributed by atoms with Crippen LogP contribution in [0.5, 0.6) is 5.75 Å². The lowest BCUT2D eigenvalue weighted by Gasteiger charge is -2.35. The van der Waals surface area contributed by atoms with Crippen molar-refractivity contribution < 1.29 is 22.6 Å². The molecule has 2 aliphatic rings. The van der Waals surface area contributed by atoms with Crippen molar-refractivity contribution in [2.24, 2.45) is 12.0 Å². The first-order valence-corrected chi connectivity index (χ1v) is 10.3. The van der Waals surface area contributed by atoms with Crippen LogP contribution in [-0.2, 0) is 11.8 Å². The number of ether oxygens (including phenoxy) is 2. The molecule has 1 saturated carbocycles. The fourth-order valence-electron chi connectivity index (χ4n) is 3.90. The second kappa shape index (κ2) is 8.78. The maximum atomic E-state index is 12.8. The summed E-state index contributed by atoms with van der Waals surface area (Å²) in [7, 11) is 1.86. The fourth-order valence-corrected chi connectivity index (χ4v) is 3.90. The SMILES string of the molecule is CCN=C(NC1CC1c1ccccc1OC(F)(F)F)N1CCOC(c2cnn(C)c2)C1. The molecule has 1 aromatic heterocycles. The van der Waals surface area contributed by atoms with Crippen molar-refractivity contribution in [1.29, 1.82) is 0 Å². The maximum Gasteiger partial charge on any atom is 0.573 e. The Morgan fingerprint density at radius 1 is 1.35 bits per heavy atom. The number of aliphatic imine (C=N–C) groups is 1. The van der Waals surface area contributed by atoms with Crippen LogP contribution in [0.25, 0.3) is 0 Å². The summed E-state index contributed by atoms with van der Waals surface area (Å²) < 4.78 is 50.1. The number of morpholine rings is 1. The zero-order valence-electron chi connectivity index (χ0n) is 17.5. The Kier molecular flexibility index (Phi) is 6.08. The van der Waals surface area contributed by atoms with Crippen LogP contribution in [0.1, 0.15) is 36.5 Å². The van der Waals surface area contributed by atoms with Crippen molar-refractivity contribution in [2.75, 3.05) is 26.2 Å². The topological polar surface area (TPSA) is 63.9 Å². The third-order valence-corrected chi connectivity index (χ3v) is 5.42. The van der Waals surface area contributed by atoms with Gasteiger partial charge in [0.05, 0.1) is 19.3 Å². The summed E-state index contributed by atoms with van der Waals surface area (Å²) in [6, 6.07) is 6.33. The second-order valence-electron chi connectivity index (χ2n) is 7.73. The van der Waals surface area contributed by atoms with Crippen LogP contribution in [-0.4, -0.2) is 59.3 Å². The molecule has 1 saturated heterocycles. The molecular weight excluding hydrogens is 411 g/mol. The average molecular weight is 437 g/mol. The molecule has 168 valence electrons. The second-order valence-corrected chi connectivity index (χ2v) is 7.73.